The monoisotopic (exact) mass is 1150 g/mol. The van der Waals surface area contributed by atoms with Crippen molar-refractivity contribution in [3.8, 4) is 0 Å². The maximum Gasteiger partial charge on any atom is 0.306 e. The first-order chi connectivity index (χ1) is 40.5. The largest absolute Gasteiger partial charge is 0.462 e. The van der Waals surface area contributed by atoms with Gasteiger partial charge in [0.05, 0.1) is 0 Å². The summed E-state index contributed by atoms with van der Waals surface area (Å²) in [4.78, 5) is 38.5. The van der Waals surface area contributed by atoms with E-state index in [0.717, 1.165) is 109 Å². The molecule has 1 atom stereocenters. The fourth-order valence-corrected chi connectivity index (χ4v) is 10.6. The Morgan fingerprint density at radius 1 is 0.256 bits per heavy atom. The molecule has 0 N–H and O–H groups in total. The molecule has 0 rings (SSSR count). The second kappa shape index (κ2) is 70.3. The number of carbonyl (C=O) groups excluding carboxylic acids is 3. The van der Waals surface area contributed by atoms with Crippen LogP contribution in [-0.4, -0.2) is 37.2 Å². The SMILES string of the molecule is CC/C=C\C/C=C\C/C=C\C/C=C\C/C=C\C/C=C\CCCCCCC(=O)OCC(COC(=O)CCCCCCCCCCCCCCCCCCCCCC)OC(=O)CCCCCCCCCCCCCCCCCCCCCCC. The van der Waals surface area contributed by atoms with Crippen LogP contribution in [0, 0.1) is 0 Å². The van der Waals surface area contributed by atoms with E-state index in [0.29, 0.717) is 19.3 Å². The van der Waals surface area contributed by atoms with Crippen molar-refractivity contribution in [2.75, 3.05) is 13.2 Å². The molecule has 0 aromatic heterocycles. The van der Waals surface area contributed by atoms with Crippen LogP contribution in [0.1, 0.15) is 374 Å². The molecular weight excluding hydrogens is 1010 g/mol. The predicted octanol–water partition coefficient (Wildman–Crippen LogP) is 24.8. The van der Waals surface area contributed by atoms with Crippen LogP contribution in [0.5, 0.6) is 0 Å². The van der Waals surface area contributed by atoms with Gasteiger partial charge >= 0.3 is 17.9 Å². The van der Waals surface area contributed by atoms with Crippen molar-refractivity contribution in [3.05, 3.63) is 72.9 Å². The van der Waals surface area contributed by atoms with E-state index in [2.05, 4.69) is 93.7 Å². The zero-order valence-electron chi connectivity index (χ0n) is 54.8. The zero-order chi connectivity index (χ0) is 59.2. The van der Waals surface area contributed by atoms with Crippen LogP contribution in [0.3, 0.4) is 0 Å². The lowest BCUT2D eigenvalue weighted by Crippen LogP contribution is -2.30. The highest BCUT2D eigenvalue weighted by Gasteiger charge is 2.19. The Morgan fingerprint density at radius 3 is 0.744 bits per heavy atom. The summed E-state index contributed by atoms with van der Waals surface area (Å²) in [5.74, 6) is -0.878. The highest BCUT2D eigenvalue weighted by molar-refractivity contribution is 5.71. The van der Waals surface area contributed by atoms with Crippen LogP contribution in [-0.2, 0) is 28.6 Å². The van der Waals surface area contributed by atoms with Gasteiger partial charge in [-0.05, 0) is 70.6 Å². The average Bonchev–Trinajstić information content (AvgIpc) is 3.47. The highest BCUT2D eigenvalue weighted by atomic mass is 16.6. The molecule has 0 amide bonds. The smallest absolute Gasteiger partial charge is 0.306 e. The minimum absolute atomic E-state index is 0.0784. The molecule has 0 aliphatic rings. The quantitative estimate of drug-likeness (QED) is 0.0261. The molecule has 6 heteroatoms. The maximum absolute atomic E-state index is 13.0. The van der Waals surface area contributed by atoms with Crippen molar-refractivity contribution in [2.24, 2.45) is 0 Å². The van der Waals surface area contributed by atoms with E-state index in [1.165, 1.54) is 225 Å². The summed E-state index contributed by atoms with van der Waals surface area (Å²) in [7, 11) is 0. The lowest BCUT2D eigenvalue weighted by atomic mass is 10.0. The Bertz CT molecular complexity index is 1500. The summed E-state index contributed by atoms with van der Waals surface area (Å²) < 4.78 is 17.0. The Labute approximate surface area is 510 Å². The van der Waals surface area contributed by atoms with Crippen LogP contribution in [0.2, 0.25) is 0 Å². The van der Waals surface area contributed by atoms with Crippen molar-refractivity contribution in [3.63, 3.8) is 0 Å². The zero-order valence-corrected chi connectivity index (χ0v) is 54.8. The molecule has 0 saturated carbocycles. The second-order valence-electron chi connectivity index (χ2n) is 24.1. The number of carbonyl (C=O) groups is 3. The van der Waals surface area contributed by atoms with Gasteiger partial charge in [-0.2, -0.15) is 0 Å². The van der Waals surface area contributed by atoms with Crippen LogP contribution in [0.4, 0.5) is 0 Å². The molecule has 476 valence electrons. The summed E-state index contributed by atoms with van der Waals surface area (Å²) in [6.07, 6.45) is 92.1. The fraction of sp³-hybridized carbons (Fsp3) is 0.803. The van der Waals surface area contributed by atoms with Crippen LogP contribution < -0.4 is 0 Å². The number of esters is 3. The third-order valence-corrected chi connectivity index (χ3v) is 16.0. The van der Waals surface area contributed by atoms with Crippen molar-refractivity contribution >= 4 is 17.9 Å². The summed E-state index contributed by atoms with van der Waals surface area (Å²) in [5, 5.41) is 0. The minimum Gasteiger partial charge on any atom is -0.462 e. The Hall–Kier alpha value is -3.15. The summed E-state index contributed by atoms with van der Waals surface area (Å²) in [6.45, 7) is 6.58. The number of allylic oxidation sites excluding steroid dienone is 12. The molecule has 0 aromatic carbocycles. The Morgan fingerprint density at radius 2 is 0.476 bits per heavy atom. The summed E-state index contributed by atoms with van der Waals surface area (Å²) >= 11 is 0. The van der Waals surface area contributed by atoms with Gasteiger partial charge in [-0.15, -0.1) is 0 Å². The molecule has 1 unspecified atom stereocenters. The van der Waals surface area contributed by atoms with Gasteiger partial charge in [-0.3, -0.25) is 14.4 Å². The molecule has 6 nitrogen and oxygen atoms in total. The van der Waals surface area contributed by atoms with Crippen LogP contribution >= 0.6 is 0 Å². The molecule has 0 aliphatic carbocycles. The van der Waals surface area contributed by atoms with Gasteiger partial charge in [-0.1, -0.05) is 357 Å². The molecule has 0 fully saturated rings. The predicted molar refractivity (Wildman–Crippen MR) is 358 cm³/mol. The molecule has 82 heavy (non-hydrogen) atoms. The number of hydrogen-bond donors (Lipinski definition) is 0. The first-order valence-corrected chi connectivity index (χ1v) is 35.9. The standard InChI is InChI=1S/C76H136O6/c1-4-7-10-13-16-19-22-25-28-31-34-37-38-40-42-45-48-51-54-57-60-63-66-69-75(78)81-72-73(71-80-74(77)68-65-62-59-56-53-50-47-44-41-36-33-30-27-24-21-18-15-12-9-6-3)82-76(79)70-67-64-61-58-55-52-49-46-43-39-35-32-29-26-23-20-17-14-11-8-5-2/h7,10,16,19,25,28,34,37,40,42,48,51,73H,4-6,8-9,11-15,17-18,20-24,26-27,29-33,35-36,38-39,41,43-47,49-50,52-72H2,1-3H3/b10-7-,19-16-,28-25-,37-34-,42-40-,51-48-. The van der Waals surface area contributed by atoms with Gasteiger partial charge in [0.25, 0.3) is 0 Å². The lowest BCUT2D eigenvalue weighted by molar-refractivity contribution is -0.167. The van der Waals surface area contributed by atoms with Gasteiger partial charge < -0.3 is 14.2 Å². The summed E-state index contributed by atoms with van der Waals surface area (Å²) in [5.41, 5.74) is 0. The average molecular weight is 1150 g/mol. The normalized spacial score (nSPS) is 12.5. The Balaban J connectivity index is 4.38. The van der Waals surface area contributed by atoms with Gasteiger partial charge in [0.15, 0.2) is 6.10 Å². The molecule has 0 spiro atoms. The lowest BCUT2D eigenvalue weighted by Gasteiger charge is -2.18. The van der Waals surface area contributed by atoms with E-state index in [1.807, 2.05) is 0 Å². The van der Waals surface area contributed by atoms with Crippen LogP contribution in [0.15, 0.2) is 72.9 Å². The van der Waals surface area contributed by atoms with Crippen molar-refractivity contribution in [1.82, 2.24) is 0 Å². The molecule has 0 aliphatic heterocycles. The molecule has 0 radical (unpaired) electrons. The molecule has 0 aromatic rings. The molecule has 0 heterocycles. The number of rotatable bonds is 66. The van der Waals surface area contributed by atoms with E-state index >= 15 is 0 Å². The maximum atomic E-state index is 13.0. The van der Waals surface area contributed by atoms with Crippen molar-refractivity contribution in [2.45, 2.75) is 380 Å². The van der Waals surface area contributed by atoms with Gasteiger partial charge in [-0.25, -0.2) is 0 Å². The Kier molecular flexibility index (Phi) is 67.6. The van der Waals surface area contributed by atoms with Crippen molar-refractivity contribution in [1.29, 1.82) is 0 Å². The van der Waals surface area contributed by atoms with Crippen molar-refractivity contribution < 1.29 is 28.6 Å². The van der Waals surface area contributed by atoms with E-state index in [4.69, 9.17) is 14.2 Å². The third-order valence-electron chi connectivity index (χ3n) is 16.0. The van der Waals surface area contributed by atoms with E-state index in [9.17, 15) is 14.4 Å². The number of ether oxygens (including phenoxy) is 3. The molecule has 0 saturated heterocycles. The first-order valence-electron chi connectivity index (χ1n) is 35.9. The van der Waals surface area contributed by atoms with Crippen LogP contribution in [0.25, 0.3) is 0 Å². The third kappa shape index (κ3) is 67.6. The first kappa shape index (κ1) is 78.8. The van der Waals surface area contributed by atoms with E-state index in [1.54, 1.807) is 0 Å². The molecule has 0 bridgehead atoms. The topological polar surface area (TPSA) is 78.9 Å². The number of hydrogen-bond acceptors (Lipinski definition) is 6. The highest BCUT2D eigenvalue weighted by Crippen LogP contribution is 2.18. The van der Waals surface area contributed by atoms with E-state index in [-0.39, 0.29) is 31.1 Å². The minimum atomic E-state index is -0.786. The fourth-order valence-electron chi connectivity index (χ4n) is 10.6. The summed E-state index contributed by atoms with van der Waals surface area (Å²) in [6, 6.07) is 0. The van der Waals surface area contributed by atoms with Gasteiger partial charge in [0.1, 0.15) is 13.2 Å². The second-order valence-corrected chi connectivity index (χ2v) is 24.1. The van der Waals surface area contributed by atoms with Gasteiger partial charge in [0, 0.05) is 19.3 Å². The molecular formula is C76H136O6. The van der Waals surface area contributed by atoms with Gasteiger partial charge in [0.2, 0.25) is 0 Å². The van der Waals surface area contributed by atoms with E-state index < -0.39 is 6.10 Å². The number of unbranched alkanes of at least 4 members (excludes halogenated alkanes) is 43.